The minimum atomic E-state index is 0.420. The topological polar surface area (TPSA) is 34.0 Å². The Morgan fingerprint density at radius 3 is 2.94 bits per heavy atom. The predicted octanol–water partition coefficient (Wildman–Crippen LogP) is 1.73. The number of likely N-dealkylation sites (N-methyl/N-ethyl adjacent to an activating group) is 1. The van der Waals surface area contributed by atoms with Crippen molar-refractivity contribution in [2.75, 3.05) is 20.6 Å². The van der Waals surface area contributed by atoms with Crippen molar-refractivity contribution in [3.63, 3.8) is 0 Å². The zero-order valence-corrected chi connectivity index (χ0v) is 10.3. The lowest BCUT2D eigenvalue weighted by molar-refractivity contribution is 0.384. The van der Waals surface area contributed by atoms with Gasteiger partial charge in [0.25, 0.3) is 0 Å². The molecule has 2 rings (SSSR count). The molecular weight excluding hydrogens is 224 g/mol. The Hall–Kier alpha value is -1.13. The maximum absolute atomic E-state index is 5.89. The molecular formula is C11H15ClN4. The van der Waals surface area contributed by atoms with Crippen molar-refractivity contribution in [2.24, 2.45) is 0 Å². The Kier molecular flexibility index (Phi) is 3.41. The van der Waals surface area contributed by atoms with Crippen LogP contribution in [0.25, 0.3) is 11.2 Å². The van der Waals surface area contributed by atoms with Gasteiger partial charge in [-0.1, -0.05) is 0 Å². The summed E-state index contributed by atoms with van der Waals surface area (Å²) in [6, 6.07) is 3.86. The molecule has 0 aliphatic carbocycles. The highest BCUT2D eigenvalue weighted by Gasteiger charge is 2.10. The standard InChI is InChI=1S/C11H15ClN4/c1-15(2)6-7-16-10(8-12)14-9-4-3-5-13-11(9)16/h3-5H,6-8H2,1-2H3. The second-order valence-corrected chi connectivity index (χ2v) is 4.23. The van der Waals surface area contributed by atoms with Crippen molar-refractivity contribution in [3.05, 3.63) is 24.2 Å². The van der Waals surface area contributed by atoms with E-state index in [4.69, 9.17) is 11.6 Å². The molecule has 0 saturated carbocycles. The minimum Gasteiger partial charge on any atom is -0.310 e. The molecule has 0 radical (unpaired) electrons. The van der Waals surface area contributed by atoms with E-state index in [0.717, 1.165) is 30.1 Å². The number of fused-ring (bicyclic) bond motifs is 1. The summed E-state index contributed by atoms with van der Waals surface area (Å²) in [7, 11) is 4.10. The van der Waals surface area contributed by atoms with Crippen molar-refractivity contribution in [1.82, 2.24) is 19.4 Å². The zero-order chi connectivity index (χ0) is 11.5. The van der Waals surface area contributed by atoms with Gasteiger partial charge in [-0.15, -0.1) is 11.6 Å². The van der Waals surface area contributed by atoms with Gasteiger partial charge in [-0.05, 0) is 26.2 Å². The van der Waals surface area contributed by atoms with Crippen LogP contribution < -0.4 is 0 Å². The zero-order valence-electron chi connectivity index (χ0n) is 9.52. The third-order valence-electron chi connectivity index (χ3n) is 2.47. The predicted molar refractivity (Wildman–Crippen MR) is 65.6 cm³/mol. The molecule has 0 N–H and O–H groups in total. The van der Waals surface area contributed by atoms with E-state index in [0.29, 0.717) is 5.88 Å². The molecule has 0 aromatic carbocycles. The van der Waals surface area contributed by atoms with Crippen molar-refractivity contribution in [2.45, 2.75) is 12.4 Å². The average Bonchev–Trinajstić information content (AvgIpc) is 2.64. The number of nitrogens with zero attached hydrogens (tertiary/aromatic N) is 4. The third kappa shape index (κ3) is 2.18. The van der Waals surface area contributed by atoms with Crippen LogP contribution in [0.15, 0.2) is 18.3 Å². The van der Waals surface area contributed by atoms with Crippen LogP contribution in [0.1, 0.15) is 5.82 Å². The van der Waals surface area contributed by atoms with E-state index in [1.54, 1.807) is 6.20 Å². The lowest BCUT2D eigenvalue weighted by Crippen LogP contribution is -2.19. The van der Waals surface area contributed by atoms with E-state index in [-0.39, 0.29) is 0 Å². The molecule has 0 spiro atoms. The van der Waals surface area contributed by atoms with Crippen LogP contribution in [0, 0.1) is 0 Å². The Morgan fingerprint density at radius 2 is 2.25 bits per heavy atom. The molecule has 16 heavy (non-hydrogen) atoms. The molecule has 86 valence electrons. The molecule has 2 aromatic rings. The number of aromatic nitrogens is 3. The first-order valence-corrected chi connectivity index (χ1v) is 5.76. The summed E-state index contributed by atoms with van der Waals surface area (Å²) in [5.41, 5.74) is 1.83. The number of halogens is 1. The number of rotatable bonds is 4. The van der Waals surface area contributed by atoms with Gasteiger partial charge in [0.15, 0.2) is 5.65 Å². The van der Waals surface area contributed by atoms with Gasteiger partial charge in [0.2, 0.25) is 0 Å². The molecule has 0 aliphatic rings. The van der Waals surface area contributed by atoms with Crippen LogP contribution in [0.2, 0.25) is 0 Å². The first-order chi connectivity index (χ1) is 7.72. The molecule has 0 unspecified atom stereocenters. The molecule has 0 saturated heterocycles. The highest BCUT2D eigenvalue weighted by atomic mass is 35.5. The normalized spacial score (nSPS) is 11.5. The van der Waals surface area contributed by atoms with Gasteiger partial charge < -0.3 is 9.47 Å². The fourth-order valence-electron chi connectivity index (χ4n) is 1.64. The second-order valence-electron chi connectivity index (χ2n) is 3.96. The number of hydrogen-bond acceptors (Lipinski definition) is 3. The molecule has 0 aliphatic heterocycles. The molecule has 0 fully saturated rings. The lowest BCUT2D eigenvalue weighted by Gasteiger charge is -2.11. The fourth-order valence-corrected chi connectivity index (χ4v) is 1.85. The highest BCUT2D eigenvalue weighted by molar-refractivity contribution is 6.16. The van der Waals surface area contributed by atoms with Gasteiger partial charge in [-0.25, -0.2) is 9.97 Å². The maximum Gasteiger partial charge on any atom is 0.160 e. The largest absolute Gasteiger partial charge is 0.310 e. The molecule has 0 atom stereocenters. The van der Waals surface area contributed by atoms with Crippen molar-refractivity contribution >= 4 is 22.8 Å². The van der Waals surface area contributed by atoms with Crippen LogP contribution in [0.3, 0.4) is 0 Å². The number of alkyl halides is 1. The Bertz CT molecular complexity index is 478. The Labute approximate surface area is 99.9 Å². The average molecular weight is 239 g/mol. The SMILES string of the molecule is CN(C)CCn1c(CCl)nc2cccnc21. The molecule has 2 heterocycles. The highest BCUT2D eigenvalue weighted by Crippen LogP contribution is 2.14. The summed E-state index contributed by atoms with van der Waals surface area (Å²) in [5.74, 6) is 1.31. The van der Waals surface area contributed by atoms with Gasteiger partial charge in [0, 0.05) is 19.3 Å². The molecule has 5 heteroatoms. The van der Waals surface area contributed by atoms with E-state index in [2.05, 4.69) is 19.4 Å². The van der Waals surface area contributed by atoms with Crippen molar-refractivity contribution in [3.8, 4) is 0 Å². The van der Waals surface area contributed by atoms with E-state index in [1.165, 1.54) is 0 Å². The summed E-state index contributed by atoms with van der Waals surface area (Å²) >= 11 is 5.89. The van der Waals surface area contributed by atoms with Crippen LogP contribution in [0.4, 0.5) is 0 Å². The van der Waals surface area contributed by atoms with Crippen LogP contribution in [-0.4, -0.2) is 40.1 Å². The van der Waals surface area contributed by atoms with Gasteiger partial charge in [0.05, 0.1) is 5.88 Å². The van der Waals surface area contributed by atoms with Gasteiger partial charge in [-0.3, -0.25) is 0 Å². The number of pyridine rings is 1. The quantitative estimate of drug-likeness (QED) is 0.761. The lowest BCUT2D eigenvalue weighted by atomic mass is 10.4. The van der Waals surface area contributed by atoms with E-state index < -0.39 is 0 Å². The van der Waals surface area contributed by atoms with E-state index in [1.807, 2.05) is 26.2 Å². The Balaban J connectivity index is 2.39. The smallest absolute Gasteiger partial charge is 0.160 e. The first-order valence-electron chi connectivity index (χ1n) is 5.23. The fraction of sp³-hybridized carbons (Fsp3) is 0.455. The molecule has 4 nitrogen and oxygen atoms in total. The van der Waals surface area contributed by atoms with Crippen LogP contribution in [-0.2, 0) is 12.4 Å². The number of hydrogen-bond donors (Lipinski definition) is 0. The van der Waals surface area contributed by atoms with Crippen molar-refractivity contribution < 1.29 is 0 Å². The second kappa shape index (κ2) is 4.80. The third-order valence-corrected chi connectivity index (χ3v) is 2.71. The summed E-state index contributed by atoms with van der Waals surface area (Å²) < 4.78 is 2.09. The minimum absolute atomic E-state index is 0.420. The first kappa shape index (κ1) is 11.4. The molecule has 0 amide bonds. The van der Waals surface area contributed by atoms with Crippen molar-refractivity contribution in [1.29, 1.82) is 0 Å². The molecule has 0 bridgehead atoms. The van der Waals surface area contributed by atoms with Crippen LogP contribution >= 0.6 is 11.6 Å². The molecule has 2 aromatic heterocycles. The van der Waals surface area contributed by atoms with E-state index >= 15 is 0 Å². The summed E-state index contributed by atoms with van der Waals surface area (Å²) in [5, 5.41) is 0. The monoisotopic (exact) mass is 238 g/mol. The van der Waals surface area contributed by atoms with Gasteiger partial charge in [-0.2, -0.15) is 0 Å². The van der Waals surface area contributed by atoms with Gasteiger partial charge in [0.1, 0.15) is 11.3 Å². The van der Waals surface area contributed by atoms with Crippen LogP contribution in [0.5, 0.6) is 0 Å². The summed E-state index contributed by atoms with van der Waals surface area (Å²) in [4.78, 5) is 10.9. The summed E-state index contributed by atoms with van der Waals surface area (Å²) in [6.45, 7) is 1.81. The van der Waals surface area contributed by atoms with E-state index in [9.17, 15) is 0 Å². The maximum atomic E-state index is 5.89. The number of imidazole rings is 1. The summed E-state index contributed by atoms with van der Waals surface area (Å²) in [6.07, 6.45) is 1.79. The Morgan fingerprint density at radius 1 is 1.44 bits per heavy atom. The van der Waals surface area contributed by atoms with Gasteiger partial charge >= 0.3 is 0 Å².